The van der Waals surface area contributed by atoms with Crippen LogP contribution in [-0.4, -0.2) is 10.9 Å². The van der Waals surface area contributed by atoms with Crippen LogP contribution in [0, 0.1) is 0 Å². The SMILES string of the molecule is Nc1ccc(C(=O)Nc2ccnc(Cl)c2)cc1. The van der Waals surface area contributed by atoms with Gasteiger partial charge in [0.25, 0.3) is 5.91 Å². The van der Waals surface area contributed by atoms with Gasteiger partial charge in [-0.3, -0.25) is 4.79 Å². The summed E-state index contributed by atoms with van der Waals surface area (Å²) in [5.74, 6) is -0.215. The summed E-state index contributed by atoms with van der Waals surface area (Å²) in [7, 11) is 0. The number of nitrogens with one attached hydrogen (secondary N) is 1. The van der Waals surface area contributed by atoms with E-state index >= 15 is 0 Å². The third kappa shape index (κ3) is 2.95. The summed E-state index contributed by atoms with van der Waals surface area (Å²) < 4.78 is 0. The minimum absolute atomic E-state index is 0.215. The molecular weight excluding hydrogens is 238 g/mol. The van der Waals surface area contributed by atoms with Crippen LogP contribution >= 0.6 is 11.6 Å². The minimum Gasteiger partial charge on any atom is -0.399 e. The Bertz CT molecular complexity index is 540. The number of carbonyl (C=O) groups is 1. The van der Waals surface area contributed by atoms with E-state index in [9.17, 15) is 4.79 Å². The predicted molar refractivity (Wildman–Crippen MR) is 68.1 cm³/mol. The first-order valence-electron chi connectivity index (χ1n) is 4.93. The van der Waals surface area contributed by atoms with Gasteiger partial charge in [0, 0.05) is 23.1 Å². The van der Waals surface area contributed by atoms with Crippen LogP contribution in [0.2, 0.25) is 5.15 Å². The standard InChI is InChI=1S/C12H10ClN3O/c13-11-7-10(5-6-15-11)16-12(17)8-1-3-9(14)4-2-8/h1-7H,14H2,(H,15,16,17). The summed E-state index contributed by atoms with van der Waals surface area (Å²) in [5, 5.41) is 3.05. The topological polar surface area (TPSA) is 68.0 Å². The molecule has 1 amide bonds. The number of carbonyl (C=O) groups excluding carboxylic acids is 1. The molecule has 17 heavy (non-hydrogen) atoms. The summed E-state index contributed by atoms with van der Waals surface area (Å²) in [5.41, 5.74) is 7.30. The molecule has 4 nitrogen and oxygen atoms in total. The first kappa shape index (κ1) is 11.4. The quantitative estimate of drug-likeness (QED) is 0.633. The number of anilines is 2. The highest BCUT2D eigenvalue weighted by Crippen LogP contribution is 2.13. The smallest absolute Gasteiger partial charge is 0.255 e. The number of halogens is 1. The molecule has 0 unspecified atom stereocenters. The monoisotopic (exact) mass is 247 g/mol. The van der Waals surface area contributed by atoms with Crippen LogP contribution in [0.25, 0.3) is 0 Å². The largest absolute Gasteiger partial charge is 0.399 e. The molecule has 0 aliphatic carbocycles. The van der Waals surface area contributed by atoms with E-state index in [2.05, 4.69) is 10.3 Å². The molecule has 0 saturated heterocycles. The van der Waals surface area contributed by atoms with E-state index in [1.54, 1.807) is 36.4 Å². The van der Waals surface area contributed by atoms with Crippen molar-refractivity contribution in [3.8, 4) is 0 Å². The molecule has 2 aromatic rings. The first-order chi connectivity index (χ1) is 8.15. The number of amides is 1. The zero-order chi connectivity index (χ0) is 12.3. The van der Waals surface area contributed by atoms with Crippen molar-refractivity contribution in [3.63, 3.8) is 0 Å². The Morgan fingerprint density at radius 1 is 1.24 bits per heavy atom. The highest BCUT2D eigenvalue weighted by Gasteiger charge is 2.05. The highest BCUT2D eigenvalue weighted by molar-refractivity contribution is 6.29. The Labute approximate surface area is 103 Å². The Morgan fingerprint density at radius 2 is 1.94 bits per heavy atom. The van der Waals surface area contributed by atoms with Gasteiger partial charge in [0.05, 0.1) is 0 Å². The zero-order valence-electron chi connectivity index (χ0n) is 8.85. The number of benzene rings is 1. The fraction of sp³-hybridized carbons (Fsp3) is 0. The van der Waals surface area contributed by atoms with Crippen LogP contribution in [0.3, 0.4) is 0 Å². The summed E-state index contributed by atoms with van der Waals surface area (Å²) in [4.78, 5) is 15.7. The fourth-order valence-electron chi connectivity index (χ4n) is 1.32. The van der Waals surface area contributed by atoms with E-state index in [1.807, 2.05) is 0 Å². The van der Waals surface area contributed by atoms with Crippen molar-refractivity contribution < 1.29 is 4.79 Å². The van der Waals surface area contributed by atoms with E-state index in [0.717, 1.165) is 0 Å². The van der Waals surface area contributed by atoms with Gasteiger partial charge >= 0.3 is 0 Å². The molecular formula is C12H10ClN3O. The van der Waals surface area contributed by atoms with Crippen molar-refractivity contribution in [2.75, 3.05) is 11.1 Å². The molecule has 0 fully saturated rings. The van der Waals surface area contributed by atoms with Gasteiger partial charge in [0.1, 0.15) is 5.15 Å². The van der Waals surface area contributed by atoms with Crippen molar-refractivity contribution in [2.24, 2.45) is 0 Å². The molecule has 2 rings (SSSR count). The number of aromatic nitrogens is 1. The van der Waals surface area contributed by atoms with Gasteiger partial charge in [-0.25, -0.2) is 4.98 Å². The highest BCUT2D eigenvalue weighted by atomic mass is 35.5. The van der Waals surface area contributed by atoms with E-state index < -0.39 is 0 Å². The number of nitrogens with two attached hydrogens (primary N) is 1. The van der Waals surface area contributed by atoms with E-state index in [1.165, 1.54) is 6.20 Å². The van der Waals surface area contributed by atoms with E-state index in [-0.39, 0.29) is 5.91 Å². The second kappa shape index (κ2) is 4.84. The van der Waals surface area contributed by atoms with Gasteiger partial charge in [-0.15, -0.1) is 0 Å². The minimum atomic E-state index is -0.215. The van der Waals surface area contributed by atoms with Crippen molar-refractivity contribution in [1.29, 1.82) is 0 Å². The maximum absolute atomic E-state index is 11.8. The second-order valence-electron chi connectivity index (χ2n) is 3.44. The molecule has 0 spiro atoms. The Morgan fingerprint density at radius 3 is 2.59 bits per heavy atom. The van der Waals surface area contributed by atoms with Crippen molar-refractivity contribution in [3.05, 3.63) is 53.3 Å². The van der Waals surface area contributed by atoms with Crippen LogP contribution in [0.5, 0.6) is 0 Å². The number of nitrogens with zero attached hydrogens (tertiary/aromatic N) is 1. The summed E-state index contributed by atoms with van der Waals surface area (Å²) in [6.45, 7) is 0. The van der Waals surface area contributed by atoms with Gasteiger partial charge in [-0.1, -0.05) is 11.6 Å². The van der Waals surface area contributed by atoms with Crippen molar-refractivity contribution >= 4 is 28.9 Å². The Kier molecular flexibility index (Phi) is 3.25. The second-order valence-corrected chi connectivity index (χ2v) is 3.83. The van der Waals surface area contributed by atoms with Crippen LogP contribution in [-0.2, 0) is 0 Å². The van der Waals surface area contributed by atoms with Gasteiger partial charge in [0.15, 0.2) is 0 Å². The summed E-state index contributed by atoms with van der Waals surface area (Å²) >= 11 is 5.72. The molecule has 0 bridgehead atoms. The number of pyridine rings is 1. The van der Waals surface area contributed by atoms with Crippen LogP contribution in [0.4, 0.5) is 11.4 Å². The molecule has 1 heterocycles. The molecule has 0 aliphatic heterocycles. The summed E-state index contributed by atoms with van der Waals surface area (Å²) in [6.07, 6.45) is 1.53. The van der Waals surface area contributed by atoms with Gasteiger partial charge in [0.2, 0.25) is 0 Å². The van der Waals surface area contributed by atoms with Gasteiger partial charge in [-0.2, -0.15) is 0 Å². The lowest BCUT2D eigenvalue weighted by Gasteiger charge is -2.05. The molecule has 3 N–H and O–H groups in total. The van der Waals surface area contributed by atoms with Crippen molar-refractivity contribution in [2.45, 2.75) is 0 Å². The number of hydrogen-bond acceptors (Lipinski definition) is 3. The Balaban J connectivity index is 2.14. The lowest BCUT2D eigenvalue weighted by Crippen LogP contribution is -2.11. The zero-order valence-corrected chi connectivity index (χ0v) is 9.61. The van der Waals surface area contributed by atoms with Crippen LogP contribution < -0.4 is 11.1 Å². The average molecular weight is 248 g/mol. The maximum Gasteiger partial charge on any atom is 0.255 e. The molecule has 0 radical (unpaired) electrons. The third-order valence-corrected chi connectivity index (χ3v) is 2.36. The molecule has 0 aliphatic rings. The first-order valence-corrected chi connectivity index (χ1v) is 5.31. The number of hydrogen-bond donors (Lipinski definition) is 2. The molecule has 1 aromatic heterocycles. The van der Waals surface area contributed by atoms with Crippen LogP contribution in [0.1, 0.15) is 10.4 Å². The Hall–Kier alpha value is -2.07. The third-order valence-electron chi connectivity index (χ3n) is 2.16. The molecule has 86 valence electrons. The molecule has 1 aromatic carbocycles. The maximum atomic E-state index is 11.8. The average Bonchev–Trinajstić information content (AvgIpc) is 2.29. The fourth-order valence-corrected chi connectivity index (χ4v) is 1.49. The summed E-state index contributed by atoms with van der Waals surface area (Å²) in [6, 6.07) is 9.92. The lowest BCUT2D eigenvalue weighted by molar-refractivity contribution is 0.102. The van der Waals surface area contributed by atoms with Crippen LogP contribution in [0.15, 0.2) is 42.6 Å². The van der Waals surface area contributed by atoms with E-state index in [4.69, 9.17) is 17.3 Å². The normalized spacial score (nSPS) is 9.94. The molecule has 0 saturated carbocycles. The lowest BCUT2D eigenvalue weighted by atomic mass is 10.2. The number of rotatable bonds is 2. The van der Waals surface area contributed by atoms with Gasteiger partial charge in [-0.05, 0) is 36.4 Å². The van der Waals surface area contributed by atoms with Gasteiger partial charge < -0.3 is 11.1 Å². The van der Waals surface area contributed by atoms with Crippen molar-refractivity contribution in [1.82, 2.24) is 4.98 Å². The molecule has 0 atom stereocenters. The van der Waals surface area contributed by atoms with E-state index in [0.29, 0.717) is 22.1 Å². The number of nitrogen functional groups attached to an aromatic ring is 1. The molecule has 5 heteroatoms. The predicted octanol–water partition coefficient (Wildman–Crippen LogP) is 2.57.